The number of ether oxygens (including phenoxy) is 1. The average Bonchev–Trinajstić information content (AvgIpc) is 3.35. The van der Waals surface area contributed by atoms with Crippen molar-refractivity contribution in [3.05, 3.63) is 111 Å². The zero-order valence-electron chi connectivity index (χ0n) is 17.6. The molecule has 9 nitrogen and oxygen atoms in total. The summed E-state index contributed by atoms with van der Waals surface area (Å²) in [6, 6.07) is 22.2. The molecule has 1 amide bonds. The number of carbonyl (C=O) groups excluding carboxylic acids is 1. The van der Waals surface area contributed by atoms with Crippen LogP contribution in [-0.2, 0) is 6.61 Å². The number of aromatic amines is 1. The summed E-state index contributed by atoms with van der Waals surface area (Å²) in [5.74, 6) is 0.229. The molecule has 0 saturated carbocycles. The third kappa shape index (κ3) is 5.84. The van der Waals surface area contributed by atoms with Gasteiger partial charge in [-0.3, -0.25) is 20.0 Å². The Morgan fingerprint density at radius 1 is 1.09 bits per heavy atom. The maximum Gasteiger partial charge on any atom is 0.289 e. The monoisotopic (exact) mass is 475 g/mol. The lowest BCUT2D eigenvalue weighted by Crippen LogP contribution is -2.17. The van der Waals surface area contributed by atoms with Crippen molar-refractivity contribution < 1.29 is 14.5 Å². The average molecular weight is 476 g/mol. The molecule has 0 bridgehead atoms. The number of hydrogen-bond acceptors (Lipinski definition) is 6. The number of rotatable bonds is 8. The fourth-order valence-electron chi connectivity index (χ4n) is 2.96. The highest BCUT2D eigenvalue weighted by molar-refractivity contribution is 6.30. The number of nitro benzene ring substituents is 1. The maximum absolute atomic E-state index is 12.3. The largest absolute Gasteiger partial charge is 0.489 e. The molecule has 4 rings (SSSR count). The van der Waals surface area contributed by atoms with Crippen molar-refractivity contribution >= 4 is 29.4 Å². The molecular weight excluding hydrogens is 458 g/mol. The third-order valence-corrected chi connectivity index (χ3v) is 5.03. The van der Waals surface area contributed by atoms with E-state index in [0.717, 1.165) is 11.1 Å². The minimum Gasteiger partial charge on any atom is -0.489 e. The van der Waals surface area contributed by atoms with Gasteiger partial charge in [0.2, 0.25) is 0 Å². The number of hydrogen-bond donors (Lipinski definition) is 2. The molecule has 10 heteroatoms. The number of H-pyrrole nitrogens is 1. The van der Waals surface area contributed by atoms with Gasteiger partial charge in [0.1, 0.15) is 18.1 Å². The van der Waals surface area contributed by atoms with Crippen LogP contribution in [0.15, 0.2) is 84.0 Å². The molecule has 170 valence electrons. The third-order valence-electron chi connectivity index (χ3n) is 4.77. The topological polar surface area (TPSA) is 123 Å². The Morgan fingerprint density at radius 3 is 2.47 bits per heavy atom. The Balaban J connectivity index is 1.32. The standard InChI is InChI=1S/C24H18ClN5O4/c25-19-7-1-17(2-8-19)15-34-21-11-5-18(6-12-21)22-13-23(28-27-22)24(31)29-26-14-16-3-9-20(10-4-16)30(32)33/h1-14H,15H2,(H,27,28)(H,29,31)/b26-14-. The van der Waals surface area contributed by atoms with Gasteiger partial charge in [0.25, 0.3) is 11.6 Å². The van der Waals surface area contributed by atoms with Crippen LogP contribution in [0.3, 0.4) is 0 Å². The molecule has 0 spiro atoms. The number of nitrogens with one attached hydrogen (secondary N) is 2. The number of halogens is 1. The van der Waals surface area contributed by atoms with E-state index in [9.17, 15) is 14.9 Å². The van der Waals surface area contributed by atoms with Gasteiger partial charge < -0.3 is 4.74 Å². The van der Waals surface area contributed by atoms with E-state index in [4.69, 9.17) is 16.3 Å². The molecule has 0 radical (unpaired) electrons. The van der Waals surface area contributed by atoms with Crippen LogP contribution < -0.4 is 10.2 Å². The normalized spacial score (nSPS) is 10.9. The summed E-state index contributed by atoms with van der Waals surface area (Å²) in [6.45, 7) is 0.420. The van der Waals surface area contributed by atoms with E-state index in [2.05, 4.69) is 20.7 Å². The van der Waals surface area contributed by atoms with Crippen LogP contribution in [0.4, 0.5) is 5.69 Å². The van der Waals surface area contributed by atoms with Gasteiger partial charge in [-0.15, -0.1) is 0 Å². The fourth-order valence-corrected chi connectivity index (χ4v) is 3.09. The summed E-state index contributed by atoms with van der Waals surface area (Å²) >= 11 is 5.89. The Kier molecular flexibility index (Phi) is 6.95. The van der Waals surface area contributed by atoms with Crippen molar-refractivity contribution in [3.63, 3.8) is 0 Å². The first kappa shape index (κ1) is 22.7. The van der Waals surface area contributed by atoms with Crippen LogP contribution in [0.1, 0.15) is 21.6 Å². The van der Waals surface area contributed by atoms with Crippen molar-refractivity contribution in [3.8, 4) is 17.0 Å². The lowest BCUT2D eigenvalue weighted by Gasteiger charge is -2.07. The molecular formula is C24H18ClN5O4. The Bertz CT molecular complexity index is 1320. The first-order valence-corrected chi connectivity index (χ1v) is 10.5. The Hall–Kier alpha value is -4.50. The molecule has 0 aliphatic rings. The highest BCUT2D eigenvalue weighted by Gasteiger charge is 2.11. The molecule has 2 N–H and O–H groups in total. The van der Waals surface area contributed by atoms with Gasteiger partial charge in [-0.05, 0) is 65.7 Å². The predicted octanol–water partition coefficient (Wildman–Crippen LogP) is 4.98. The first-order chi connectivity index (χ1) is 16.5. The summed E-state index contributed by atoms with van der Waals surface area (Å²) in [5, 5.41) is 22.1. The highest BCUT2D eigenvalue weighted by Crippen LogP contribution is 2.22. The van der Waals surface area contributed by atoms with Crippen LogP contribution in [0.2, 0.25) is 5.02 Å². The van der Waals surface area contributed by atoms with Crippen LogP contribution in [0.5, 0.6) is 5.75 Å². The zero-order chi connectivity index (χ0) is 23.9. The lowest BCUT2D eigenvalue weighted by atomic mass is 10.1. The van der Waals surface area contributed by atoms with E-state index in [0.29, 0.717) is 28.6 Å². The van der Waals surface area contributed by atoms with Crippen molar-refractivity contribution in [2.75, 3.05) is 0 Å². The number of nitrogens with zero attached hydrogens (tertiary/aromatic N) is 3. The molecule has 34 heavy (non-hydrogen) atoms. The van der Waals surface area contributed by atoms with Gasteiger partial charge in [-0.1, -0.05) is 23.7 Å². The predicted molar refractivity (Wildman–Crippen MR) is 128 cm³/mol. The van der Waals surface area contributed by atoms with Gasteiger partial charge in [0.15, 0.2) is 0 Å². The summed E-state index contributed by atoms with van der Waals surface area (Å²) < 4.78 is 5.78. The quantitative estimate of drug-likeness (QED) is 0.211. The van der Waals surface area contributed by atoms with Crippen molar-refractivity contribution in [2.45, 2.75) is 6.61 Å². The summed E-state index contributed by atoms with van der Waals surface area (Å²) in [4.78, 5) is 22.5. The minimum absolute atomic E-state index is 0.0210. The van der Waals surface area contributed by atoms with Gasteiger partial charge >= 0.3 is 0 Å². The van der Waals surface area contributed by atoms with E-state index in [-0.39, 0.29) is 11.4 Å². The second-order valence-corrected chi connectivity index (χ2v) is 7.59. The molecule has 0 aliphatic heterocycles. The van der Waals surface area contributed by atoms with E-state index in [1.807, 2.05) is 48.5 Å². The molecule has 0 unspecified atom stereocenters. The van der Waals surface area contributed by atoms with Crippen LogP contribution >= 0.6 is 11.6 Å². The molecule has 0 aliphatic carbocycles. The SMILES string of the molecule is O=C(N/N=C\c1ccc([N+](=O)[O-])cc1)c1cc(-c2ccc(OCc3ccc(Cl)cc3)cc2)n[nH]1. The van der Waals surface area contributed by atoms with E-state index < -0.39 is 10.8 Å². The lowest BCUT2D eigenvalue weighted by molar-refractivity contribution is -0.384. The van der Waals surface area contributed by atoms with Gasteiger partial charge in [0, 0.05) is 22.7 Å². The molecule has 1 aromatic heterocycles. The second kappa shape index (κ2) is 10.4. The Morgan fingerprint density at radius 2 is 1.79 bits per heavy atom. The van der Waals surface area contributed by atoms with Gasteiger partial charge in [0.05, 0.1) is 16.8 Å². The molecule has 4 aromatic rings. The number of aromatic nitrogens is 2. The number of non-ortho nitro benzene ring substituents is 1. The molecule has 3 aromatic carbocycles. The molecule has 1 heterocycles. The van der Waals surface area contributed by atoms with E-state index in [1.165, 1.54) is 30.5 Å². The number of benzene rings is 3. The van der Waals surface area contributed by atoms with E-state index in [1.54, 1.807) is 6.07 Å². The second-order valence-electron chi connectivity index (χ2n) is 7.15. The smallest absolute Gasteiger partial charge is 0.289 e. The van der Waals surface area contributed by atoms with Crippen molar-refractivity contribution in [1.29, 1.82) is 0 Å². The van der Waals surface area contributed by atoms with Crippen LogP contribution in [-0.4, -0.2) is 27.2 Å². The summed E-state index contributed by atoms with van der Waals surface area (Å²) in [7, 11) is 0. The maximum atomic E-state index is 12.3. The summed E-state index contributed by atoms with van der Waals surface area (Å²) in [5.41, 5.74) is 5.62. The fraction of sp³-hybridized carbons (Fsp3) is 0.0417. The van der Waals surface area contributed by atoms with Crippen LogP contribution in [0.25, 0.3) is 11.3 Å². The minimum atomic E-state index is -0.486. The number of carbonyl (C=O) groups is 1. The molecule has 0 fully saturated rings. The summed E-state index contributed by atoms with van der Waals surface area (Å²) in [6.07, 6.45) is 1.39. The number of nitro groups is 1. The number of amides is 1. The van der Waals surface area contributed by atoms with Gasteiger partial charge in [-0.25, -0.2) is 5.43 Å². The van der Waals surface area contributed by atoms with E-state index >= 15 is 0 Å². The van der Waals surface area contributed by atoms with Crippen molar-refractivity contribution in [1.82, 2.24) is 15.6 Å². The van der Waals surface area contributed by atoms with Crippen molar-refractivity contribution in [2.24, 2.45) is 5.10 Å². The van der Waals surface area contributed by atoms with Gasteiger partial charge in [-0.2, -0.15) is 10.2 Å². The highest BCUT2D eigenvalue weighted by atomic mass is 35.5. The zero-order valence-corrected chi connectivity index (χ0v) is 18.4. The van der Waals surface area contributed by atoms with Crippen LogP contribution in [0, 0.1) is 10.1 Å². The molecule has 0 saturated heterocycles. The Labute approximate surface area is 199 Å². The first-order valence-electron chi connectivity index (χ1n) is 10.1. The molecule has 0 atom stereocenters. The number of hydrazone groups is 1.